The summed E-state index contributed by atoms with van der Waals surface area (Å²) in [5.41, 5.74) is 7.26. The Kier molecular flexibility index (Phi) is 3.79. The van der Waals surface area contributed by atoms with E-state index in [1.54, 1.807) is 13.8 Å². The van der Waals surface area contributed by atoms with Crippen molar-refractivity contribution in [3.63, 3.8) is 0 Å². The number of nitrogens with one attached hydrogen (secondary N) is 1. The number of esters is 1. The highest BCUT2D eigenvalue weighted by atomic mass is 16.5. The Bertz CT molecular complexity index is 600. The van der Waals surface area contributed by atoms with Crippen LogP contribution in [0.2, 0.25) is 0 Å². The smallest absolute Gasteiger partial charge is 0.328 e. The number of nitrogen functional groups attached to an aromatic ring is 1. The van der Waals surface area contributed by atoms with Gasteiger partial charge >= 0.3 is 5.97 Å². The summed E-state index contributed by atoms with van der Waals surface area (Å²) < 4.78 is 4.91. The number of anilines is 2. The van der Waals surface area contributed by atoms with E-state index in [2.05, 4.69) is 15.3 Å². The number of fused-ring (bicyclic) bond motifs is 1. The van der Waals surface area contributed by atoms with Gasteiger partial charge in [-0.15, -0.1) is 0 Å². The molecule has 0 aliphatic rings. The van der Waals surface area contributed by atoms with E-state index in [1.807, 2.05) is 24.3 Å². The Morgan fingerprint density at radius 3 is 2.63 bits per heavy atom. The third kappa shape index (κ3) is 2.90. The van der Waals surface area contributed by atoms with Crippen molar-refractivity contribution >= 4 is 28.6 Å². The summed E-state index contributed by atoms with van der Waals surface area (Å²) >= 11 is 0. The van der Waals surface area contributed by atoms with Gasteiger partial charge in [0.15, 0.2) is 11.6 Å². The molecular weight excluding hydrogens is 244 g/mol. The molecule has 0 fully saturated rings. The van der Waals surface area contributed by atoms with Crippen LogP contribution in [0.25, 0.3) is 11.0 Å². The molecule has 0 aliphatic heterocycles. The lowest BCUT2D eigenvalue weighted by atomic mass is 10.3. The summed E-state index contributed by atoms with van der Waals surface area (Å²) in [5.74, 6) is 0.297. The maximum absolute atomic E-state index is 11.5. The van der Waals surface area contributed by atoms with E-state index in [4.69, 9.17) is 10.5 Å². The molecule has 0 amide bonds. The molecule has 6 heteroatoms. The molecular formula is C13H16N4O2. The van der Waals surface area contributed by atoms with Gasteiger partial charge in [-0.3, -0.25) is 0 Å². The Morgan fingerprint density at radius 1 is 1.37 bits per heavy atom. The van der Waals surface area contributed by atoms with Gasteiger partial charge in [-0.2, -0.15) is 0 Å². The number of rotatable bonds is 4. The first kappa shape index (κ1) is 13.1. The standard InChI is InChI=1S/C13H16N4O2/c1-3-19-13(18)8(2)15-12-11(14)16-9-6-4-5-7-10(9)17-12/h4-8H,3H2,1-2H3,(H2,14,16)(H,15,17). The lowest BCUT2D eigenvalue weighted by Crippen LogP contribution is -2.29. The van der Waals surface area contributed by atoms with Crippen molar-refractivity contribution in [3.8, 4) is 0 Å². The highest BCUT2D eigenvalue weighted by molar-refractivity contribution is 5.83. The number of hydrogen-bond acceptors (Lipinski definition) is 6. The van der Waals surface area contributed by atoms with E-state index in [1.165, 1.54) is 0 Å². The van der Waals surface area contributed by atoms with Crippen molar-refractivity contribution < 1.29 is 9.53 Å². The van der Waals surface area contributed by atoms with Crippen LogP contribution >= 0.6 is 0 Å². The highest BCUT2D eigenvalue weighted by Gasteiger charge is 2.16. The van der Waals surface area contributed by atoms with Gasteiger partial charge in [0, 0.05) is 0 Å². The highest BCUT2D eigenvalue weighted by Crippen LogP contribution is 2.19. The summed E-state index contributed by atoms with van der Waals surface area (Å²) in [6.45, 7) is 3.78. The van der Waals surface area contributed by atoms with Crippen molar-refractivity contribution in [2.24, 2.45) is 0 Å². The number of ether oxygens (including phenoxy) is 1. The molecule has 0 bridgehead atoms. The molecule has 0 aliphatic carbocycles. The minimum atomic E-state index is -0.530. The van der Waals surface area contributed by atoms with Gasteiger partial charge in [-0.25, -0.2) is 14.8 Å². The van der Waals surface area contributed by atoms with E-state index in [9.17, 15) is 4.79 Å². The number of benzene rings is 1. The van der Waals surface area contributed by atoms with Crippen LogP contribution in [0.1, 0.15) is 13.8 Å². The minimum Gasteiger partial charge on any atom is -0.464 e. The van der Waals surface area contributed by atoms with Crippen molar-refractivity contribution in [1.29, 1.82) is 0 Å². The van der Waals surface area contributed by atoms with Crippen molar-refractivity contribution in [2.45, 2.75) is 19.9 Å². The van der Waals surface area contributed by atoms with Crippen molar-refractivity contribution in [1.82, 2.24) is 9.97 Å². The number of carbonyl (C=O) groups excluding carboxylic acids is 1. The molecule has 0 saturated carbocycles. The number of hydrogen-bond donors (Lipinski definition) is 2. The molecule has 100 valence electrons. The number of nitrogens with zero attached hydrogens (tertiary/aromatic N) is 2. The Labute approximate surface area is 111 Å². The monoisotopic (exact) mass is 260 g/mol. The topological polar surface area (TPSA) is 90.1 Å². The molecule has 19 heavy (non-hydrogen) atoms. The number of aromatic nitrogens is 2. The zero-order valence-electron chi connectivity index (χ0n) is 10.9. The molecule has 2 rings (SSSR count). The van der Waals surface area contributed by atoms with E-state index < -0.39 is 6.04 Å². The van der Waals surface area contributed by atoms with Crippen LogP contribution in [0.5, 0.6) is 0 Å². The van der Waals surface area contributed by atoms with Crippen LogP contribution in [-0.2, 0) is 9.53 Å². The van der Waals surface area contributed by atoms with Crippen LogP contribution < -0.4 is 11.1 Å². The second-order valence-electron chi connectivity index (χ2n) is 4.06. The molecule has 6 nitrogen and oxygen atoms in total. The van der Waals surface area contributed by atoms with Crippen molar-refractivity contribution in [3.05, 3.63) is 24.3 Å². The number of para-hydroxylation sites is 2. The molecule has 1 aromatic carbocycles. The average molecular weight is 260 g/mol. The normalized spacial score (nSPS) is 12.1. The summed E-state index contributed by atoms with van der Waals surface area (Å²) in [4.78, 5) is 20.1. The van der Waals surface area contributed by atoms with Crippen molar-refractivity contribution in [2.75, 3.05) is 17.7 Å². The van der Waals surface area contributed by atoms with Gasteiger partial charge in [0.05, 0.1) is 17.6 Å². The van der Waals surface area contributed by atoms with Gasteiger partial charge in [0.2, 0.25) is 0 Å². The third-order valence-corrected chi connectivity index (χ3v) is 2.59. The predicted molar refractivity (Wildman–Crippen MR) is 73.7 cm³/mol. The Hall–Kier alpha value is -2.37. The van der Waals surface area contributed by atoms with Gasteiger partial charge in [0.1, 0.15) is 6.04 Å². The molecule has 0 saturated heterocycles. The zero-order chi connectivity index (χ0) is 13.8. The van der Waals surface area contributed by atoms with E-state index in [0.717, 1.165) is 5.52 Å². The molecule has 1 unspecified atom stereocenters. The zero-order valence-corrected chi connectivity index (χ0v) is 10.9. The second kappa shape index (κ2) is 5.51. The van der Waals surface area contributed by atoms with Crippen LogP contribution in [-0.4, -0.2) is 28.6 Å². The summed E-state index contributed by atoms with van der Waals surface area (Å²) in [7, 11) is 0. The first-order chi connectivity index (χ1) is 9.11. The van der Waals surface area contributed by atoms with E-state index >= 15 is 0 Å². The number of nitrogens with two attached hydrogens (primary N) is 1. The van der Waals surface area contributed by atoms with Crippen LogP contribution in [0.15, 0.2) is 24.3 Å². The Balaban J connectivity index is 2.25. The van der Waals surface area contributed by atoms with Gasteiger partial charge in [0.25, 0.3) is 0 Å². The molecule has 0 spiro atoms. The second-order valence-corrected chi connectivity index (χ2v) is 4.06. The van der Waals surface area contributed by atoms with E-state index in [0.29, 0.717) is 17.9 Å². The molecule has 0 radical (unpaired) electrons. The third-order valence-electron chi connectivity index (χ3n) is 2.59. The molecule has 3 N–H and O–H groups in total. The lowest BCUT2D eigenvalue weighted by molar-refractivity contribution is -0.143. The quantitative estimate of drug-likeness (QED) is 0.811. The van der Waals surface area contributed by atoms with Crippen LogP contribution in [0.3, 0.4) is 0 Å². The van der Waals surface area contributed by atoms with E-state index in [-0.39, 0.29) is 11.8 Å². The van der Waals surface area contributed by atoms with Gasteiger partial charge in [-0.1, -0.05) is 12.1 Å². The molecule has 1 aromatic heterocycles. The summed E-state index contributed by atoms with van der Waals surface area (Å²) in [6.07, 6.45) is 0. The fourth-order valence-electron chi connectivity index (χ4n) is 1.65. The average Bonchev–Trinajstić information content (AvgIpc) is 2.39. The SMILES string of the molecule is CCOC(=O)C(C)Nc1nc2ccccc2nc1N. The minimum absolute atomic E-state index is 0.259. The predicted octanol–water partition coefficient (Wildman–Crippen LogP) is 1.58. The van der Waals surface area contributed by atoms with Crippen LogP contribution in [0.4, 0.5) is 11.6 Å². The molecule has 1 heterocycles. The molecule has 2 aromatic rings. The fraction of sp³-hybridized carbons (Fsp3) is 0.308. The van der Waals surface area contributed by atoms with Gasteiger partial charge in [-0.05, 0) is 26.0 Å². The van der Waals surface area contributed by atoms with Crippen LogP contribution in [0, 0.1) is 0 Å². The van der Waals surface area contributed by atoms with Gasteiger partial charge < -0.3 is 15.8 Å². The Morgan fingerprint density at radius 2 is 2.00 bits per heavy atom. The lowest BCUT2D eigenvalue weighted by Gasteiger charge is -2.14. The maximum Gasteiger partial charge on any atom is 0.328 e. The summed E-state index contributed by atoms with van der Waals surface area (Å²) in [6, 6.07) is 6.87. The first-order valence-electron chi connectivity index (χ1n) is 6.07. The summed E-state index contributed by atoms with van der Waals surface area (Å²) in [5, 5.41) is 2.91. The fourth-order valence-corrected chi connectivity index (χ4v) is 1.65. The maximum atomic E-state index is 11.5. The largest absolute Gasteiger partial charge is 0.464 e. The number of carbonyl (C=O) groups is 1. The molecule has 1 atom stereocenters. The first-order valence-corrected chi connectivity index (χ1v) is 6.07.